The molecule has 1 aromatic heterocycles. The number of halogens is 1. The molecule has 1 heterocycles. The van der Waals surface area contributed by atoms with E-state index in [4.69, 9.17) is 11.6 Å². The summed E-state index contributed by atoms with van der Waals surface area (Å²) in [7, 11) is 0. The van der Waals surface area contributed by atoms with E-state index in [1.165, 1.54) is 25.7 Å². The lowest BCUT2D eigenvalue weighted by atomic mass is 10.1. The van der Waals surface area contributed by atoms with Crippen LogP contribution in [0.2, 0.25) is 5.15 Å². The van der Waals surface area contributed by atoms with E-state index in [1.807, 2.05) is 13.1 Å². The van der Waals surface area contributed by atoms with Crippen LogP contribution in [-0.4, -0.2) is 11.0 Å². The maximum atomic E-state index is 5.90. The fraction of sp³-hybridized carbons (Fsp3) is 0.615. The average Bonchev–Trinajstić information content (AvgIpc) is 2.71. The van der Waals surface area contributed by atoms with Crippen LogP contribution in [0.1, 0.15) is 38.2 Å². The number of aromatic nitrogens is 1. The van der Waals surface area contributed by atoms with Crippen molar-refractivity contribution in [2.75, 3.05) is 5.32 Å². The van der Waals surface area contributed by atoms with Gasteiger partial charge in [-0.05, 0) is 43.7 Å². The van der Waals surface area contributed by atoms with Gasteiger partial charge >= 0.3 is 0 Å². The Morgan fingerprint density at radius 2 is 2.31 bits per heavy atom. The Labute approximate surface area is 102 Å². The van der Waals surface area contributed by atoms with E-state index >= 15 is 0 Å². The van der Waals surface area contributed by atoms with E-state index in [2.05, 4.69) is 23.3 Å². The molecular weight excluding hydrogens is 220 g/mol. The lowest BCUT2D eigenvalue weighted by molar-refractivity contribution is 0.525. The Morgan fingerprint density at radius 1 is 1.50 bits per heavy atom. The predicted octanol–water partition coefficient (Wildman–Crippen LogP) is 4.03. The molecule has 0 aliphatic heterocycles. The first kappa shape index (κ1) is 11.7. The van der Waals surface area contributed by atoms with Crippen LogP contribution in [-0.2, 0) is 0 Å². The van der Waals surface area contributed by atoms with Crippen LogP contribution in [0.15, 0.2) is 12.3 Å². The van der Waals surface area contributed by atoms with E-state index in [0.717, 1.165) is 17.2 Å². The van der Waals surface area contributed by atoms with E-state index in [9.17, 15) is 0 Å². The van der Waals surface area contributed by atoms with Gasteiger partial charge in [-0.3, -0.25) is 0 Å². The fourth-order valence-electron chi connectivity index (χ4n) is 2.45. The molecule has 1 aromatic rings. The van der Waals surface area contributed by atoms with E-state index in [0.29, 0.717) is 11.2 Å². The van der Waals surface area contributed by atoms with E-state index < -0.39 is 0 Å². The number of hydrogen-bond acceptors (Lipinski definition) is 2. The maximum absolute atomic E-state index is 5.90. The second-order valence-electron chi connectivity index (χ2n) is 4.76. The summed E-state index contributed by atoms with van der Waals surface area (Å²) in [5, 5.41) is 4.15. The molecule has 1 saturated carbocycles. The molecule has 0 amide bonds. The molecular formula is C13H19ClN2. The Bertz CT molecular complexity index is 365. The quantitative estimate of drug-likeness (QED) is 0.805. The van der Waals surface area contributed by atoms with Gasteiger partial charge in [0.05, 0.1) is 11.9 Å². The van der Waals surface area contributed by atoms with Crippen molar-refractivity contribution in [1.82, 2.24) is 4.98 Å². The van der Waals surface area contributed by atoms with Crippen LogP contribution in [0.5, 0.6) is 0 Å². The molecule has 2 rings (SSSR count). The highest BCUT2D eigenvalue weighted by Gasteiger charge is 2.23. The summed E-state index contributed by atoms with van der Waals surface area (Å²) in [4.78, 5) is 4.16. The van der Waals surface area contributed by atoms with Crippen molar-refractivity contribution in [3.05, 3.63) is 23.0 Å². The highest BCUT2D eigenvalue weighted by atomic mass is 35.5. The molecule has 0 radical (unpaired) electrons. The first-order valence-corrected chi connectivity index (χ1v) is 6.45. The molecule has 1 N–H and O–H groups in total. The van der Waals surface area contributed by atoms with Crippen molar-refractivity contribution >= 4 is 17.3 Å². The Hall–Kier alpha value is -0.760. The first-order valence-electron chi connectivity index (χ1n) is 6.07. The van der Waals surface area contributed by atoms with Crippen LogP contribution in [0.4, 0.5) is 5.69 Å². The zero-order chi connectivity index (χ0) is 11.5. The largest absolute Gasteiger partial charge is 0.381 e. The summed E-state index contributed by atoms with van der Waals surface area (Å²) in [6.07, 6.45) is 7.05. The van der Waals surface area contributed by atoms with Crippen LogP contribution in [0.3, 0.4) is 0 Å². The minimum atomic E-state index is 0.600. The van der Waals surface area contributed by atoms with Gasteiger partial charge in [0.25, 0.3) is 0 Å². The lowest BCUT2D eigenvalue weighted by Gasteiger charge is -2.14. The standard InChI is InChI=1S/C13H19ClN2/c1-3-10-4-5-11(7-10)16-12-6-9(2)13(14)15-8-12/h6,8,10-11,16H,3-5,7H2,1-2H3. The van der Waals surface area contributed by atoms with Gasteiger partial charge in [-0.25, -0.2) is 4.98 Å². The van der Waals surface area contributed by atoms with Crippen molar-refractivity contribution < 1.29 is 0 Å². The molecule has 1 fully saturated rings. The summed E-state index contributed by atoms with van der Waals surface area (Å²) in [6.45, 7) is 4.27. The monoisotopic (exact) mass is 238 g/mol. The van der Waals surface area contributed by atoms with Gasteiger partial charge in [-0.1, -0.05) is 24.9 Å². The van der Waals surface area contributed by atoms with Crippen LogP contribution in [0, 0.1) is 12.8 Å². The number of aryl methyl sites for hydroxylation is 1. The van der Waals surface area contributed by atoms with E-state index in [-0.39, 0.29) is 0 Å². The summed E-state index contributed by atoms with van der Waals surface area (Å²) >= 11 is 5.90. The van der Waals surface area contributed by atoms with Crippen LogP contribution >= 0.6 is 11.6 Å². The predicted molar refractivity (Wildman–Crippen MR) is 69.0 cm³/mol. The number of anilines is 1. The summed E-state index contributed by atoms with van der Waals surface area (Å²) in [5.41, 5.74) is 2.14. The molecule has 0 aromatic carbocycles. The zero-order valence-corrected chi connectivity index (χ0v) is 10.7. The SMILES string of the molecule is CCC1CCC(Nc2cnc(Cl)c(C)c2)C1. The molecule has 2 nitrogen and oxygen atoms in total. The van der Waals surface area contributed by atoms with Crippen molar-refractivity contribution in [1.29, 1.82) is 0 Å². The van der Waals surface area contributed by atoms with Gasteiger partial charge in [0, 0.05) is 6.04 Å². The molecule has 88 valence electrons. The third-order valence-electron chi connectivity index (χ3n) is 3.50. The zero-order valence-electron chi connectivity index (χ0n) is 9.96. The number of nitrogens with one attached hydrogen (secondary N) is 1. The average molecular weight is 239 g/mol. The molecule has 16 heavy (non-hydrogen) atoms. The number of hydrogen-bond donors (Lipinski definition) is 1. The van der Waals surface area contributed by atoms with E-state index in [1.54, 1.807) is 0 Å². The number of nitrogens with zero attached hydrogens (tertiary/aromatic N) is 1. The van der Waals surface area contributed by atoms with Crippen LogP contribution < -0.4 is 5.32 Å². The topological polar surface area (TPSA) is 24.9 Å². The molecule has 0 saturated heterocycles. The molecule has 2 atom stereocenters. The Morgan fingerprint density at radius 3 is 2.94 bits per heavy atom. The van der Waals surface area contributed by atoms with Gasteiger partial charge in [-0.15, -0.1) is 0 Å². The molecule has 2 unspecified atom stereocenters. The van der Waals surface area contributed by atoms with Crippen molar-refractivity contribution in [3.8, 4) is 0 Å². The number of rotatable bonds is 3. The second-order valence-corrected chi connectivity index (χ2v) is 5.12. The van der Waals surface area contributed by atoms with Crippen molar-refractivity contribution in [3.63, 3.8) is 0 Å². The highest BCUT2D eigenvalue weighted by Crippen LogP contribution is 2.30. The van der Waals surface area contributed by atoms with Gasteiger partial charge in [0.15, 0.2) is 0 Å². The second kappa shape index (κ2) is 5.05. The molecule has 1 aliphatic rings. The first-order chi connectivity index (χ1) is 7.69. The van der Waals surface area contributed by atoms with Gasteiger partial charge in [0.1, 0.15) is 5.15 Å². The maximum Gasteiger partial charge on any atom is 0.132 e. The Kier molecular flexibility index (Phi) is 3.70. The minimum absolute atomic E-state index is 0.600. The van der Waals surface area contributed by atoms with Crippen molar-refractivity contribution in [2.45, 2.75) is 45.6 Å². The molecule has 0 bridgehead atoms. The van der Waals surface area contributed by atoms with Gasteiger partial charge in [-0.2, -0.15) is 0 Å². The molecule has 3 heteroatoms. The summed E-state index contributed by atoms with van der Waals surface area (Å²) < 4.78 is 0. The lowest BCUT2D eigenvalue weighted by Crippen LogP contribution is -2.15. The third-order valence-corrected chi connectivity index (χ3v) is 3.90. The number of pyridine rings is 1. The summed E-state index contributed by atoms with van der Waals surface area (Å²) in [6, 6.07) is 2.70. The molecule has 0 spiro atoms. The Balaban J connectivity index is 1.97. The van der Waals surface area contributed by atoms with Gasteiger partial charge in [0.2, 0.25) is 0 Å². The molecule has 1 aliphatic carbocycles. The van der Waals surface area contributed by atoms with Crippen molar-refractivity contribution in [2.24, 2.45) is 5.92 Å². The van der Waals surface area contributed by atoms with Gasteiger partial charge < -0.3 is 5.32 Å². The minimum Gasteiger partial charge on any atom is -0.381 e. The highest BCUT2D eigenvalue weighted by molar-refractivity contribution is 6.30. The van der Waals surface area contributed by atoms with Crippen LogP contribution in [0.25, 0.3) is 0 Å². The fourth-order valence-corrected chi connectivity index (χ4v) is 2.55. The third kappa shape index (κ3) is 2.67. The smallest absolute Gasteiger partial charge is 0.132 e. The summed E-state index contributed by atoms with van der Waals surface area (Å²) in [5.74, 6) is 0.902. The normalized spacial score (nSPS) is 24.7.